The third-order valence-corrected chi connectivity index (χ3v) is 3.31. The van der Waals surface area contributed by atoms with Gasteiger partial charge in [0.1, 0.15) is 0 Å². The van der Waals surface area contributed by atoms with Crippen molar-refractivity contribution in [3.63, 3.8) is 0 Å². The third-order valence-electron chi connectivity index (χ3n) is 3.31. The van der Waals surface area contributed by atoms with E-state index >= 15 is 0 Å². The average molecular weight is 233 g/mol. The summed E-state index contributed by atoms with van der Waals surface area (Å²) in [4.78, 5) is 15.8. The van der Waals surface area contributed by atoms with Crippen LogP contribution in [0, 0.1) is 0 Å². The predicted molar refractivity (Wildman–Crippen MR) is 67.5 cm³/mol. The standard InChI is InChI=1S/C13H19N3O/c14-13(6-2-1-3-7-13)9-12(17)16-11-5-4-8-15-10-11/h4-5,8,10H,1-3,6-7,9,14H2,(H,16,17). The van der Waals surface area contributed by atoms with Crippen LogP contribution in [0.3, 0.4) is 0 Å². The van der Waals surface area contributed by atoms with E-state index in [1.54, 1.807) is 18.5 Å². The molecule has 0 aromatic carbocycles. The van der Waals surface area contributed by atoms with Crippen molar-refractivity contribution in [1.29, 1.82) is 0 Å². The molecule has 1 aliphatic rings. The Hall–Kier alpha value is -1.42. The van der Waals surface area contributed by atoms with Gasteiger partial charge in [0.2, 0.25) is 5.91 Å². The Labute approximate surface area is 102 Å². The van der Waals surface area contributed by atoms with E-state index in [0.29, 0.717) is 6.42 Å². The number of amides is 1. The molecular weight excluding hydrogens is 214 g/mol. The summed E-state index contributed by atoms with van der Waals surface area (Å²) in [5.41, 5.74) is 6.67. The van der Waals surface area contributed by atoms with Crippen LogP contribution in [0.1, 0.15) is 38.5 Å². The largest absolute Gasteiger partial charge is 0.325 e. The van der Waals surface area contributed by atoms with Crippen LogP contribution in [0.2, 0.25) is 0 Å². The van der Waals surface area contributed by atoms with Gasteiger partial charge in [0.25, 0.3) is 0 Å². The van der Waals surface area contributed by atoms with Gasteiger partial charge in [-0.3, -0.25) is 9.78 Å². The number of carbonyl (C=O) groups is 1. The second kappa shape index (κ2) is 5.27. The van der Waals surface area contributed by atoms with Crippen LogP contribution >= 0.6 is 0 Å². The smallest absolute Gasteiger partial charge is 0.226 e. The molecule has 0 unspecified atom stereocenters. The minimum Gasteiger partial charge on any atom is -0.325 e. The van der Waals surface area contributed by atoms with E-state index in [0.717, 1.165) is 31.4 Å². The lowest BCUT2D eigenvalue weighted by atomic mass is 9.80. The maximum absolute atomic E-state index is 11.9. The molecule has 17 heavy (non-hydrogen) atoms. The van der Waals surface area contributed by atoms with Crippen molar-refractivity contribution in [3.8, 4) is 0 Å². The molecule has 0 aliphatic heterocycles. The van der Waals surface area contributed by atoms with E-state index in [4.69, 9.17) is 5.73 Å². The van der Waals surface area contributed by atoms with Crippen molar-refractivity contribution in [3.05, 3.63) is 24.5 Å². The Morgan fingerprint density at radius 2 is 2.18 bits per heavy atom. The Morgan fingerprint density at radius 3 is 2.82 bits per heavy atom. The van der Waals surface area contributed by atoms with Gasteiger partial charge in [-0.25, -0.2) is 0 Å². The molecule has 1 saturated carbocycles. The van der Waals surface area contributed by atoms with E-state index in [2.05, 4.69) is 10.3 Å². The second-order valence-corrected chi connectivity index (χ2v) is 4.89. The van der Waals surface area contributed by atoms with E-state index in [1.165, 1.54) is 6.42 Å². The van der Waals surface area contributed by atoms with E-state index in [9.17, 15) is 4.79 Å². The van der Waals surface area contributed by atoms with Gasteiger partial charge >= 0.3 is 0 Å². The van der Waals surface area contributed by atoms with Crippen LogP contribution in [0.4, 0.5) is 5.69 Å². The van der Waals surface area contributed by atoms with Crippen molar-refractivity contribution in [2.75, 3.05) is 5.32 Å². The molecule has 92 valence electrons. The van der Waals surface area contributed by atoms with Crippen LogP contribution in [-0.4, -0.2) is 16.4 Å². The molecule has 3 N–H and O–H groups in total. The van der Waals surface area contributed by atoms with Gasteiger partial charge in [0, 0.05) is 18.2 Å². The van der Waals surface area contributed by atoms with Crippen LogP contribution < -0.4 is 11.1 Å². The van der Waals surface area contributed by atoms with Crippen molar-refractivity contribution in [1.82, 2.24) is 4.98 Å². The SMILES string of the molecule is NC1(CC(=O)Nc2cccnc2)CCCCC1. The number of aromatic nitrogens is 1. The number of nitrogens with two attached hydrogens (primary N) is 1. The number of nitrogens with zero attached hydrogens (tertiary/aromatic N) is 1. The molecule has 1 amide bonds. The Kier molecular flexibility index (Phi) is 3.74. The highest BCUT2D eigenvalue weighted by molar-refractivity contribution is 5.91. The Balaban J connectivity index is 1.88. The zero-order chi connectivity index (χ0) is 12.1. The fraction of sp³-hybridized carbons (Fsp3) is 0.538. The van der Waals surface area contributed by atoms with Crippen molar-refractivity contribution >= 4 is 11.6 Å². The van der Waals surface area contributed by atoms with Crippen molar-refractivity contribution in [2.45, 2.75) is 44.1 Å². The number of carbonyl (C=O) groups excluding carboxylic acids is 1. The fourth-order valence-corrected chi connectivity index (χ4v) is 2.39. The quantitative estimate of drug-likeness (QED) is 0.839. The van der Waals surface area contributed by atoms with E-state index in [1.807, 2.05) is 6.07 Å². The highest BCUT2D eigenvalue weighted by Crippen LogP contribution is 2.28. The Bertz CT molecular complexity index is 372. The molecule has 1 fully saturated rings. The summed E-state index contributed by atoms with van der Waals surface area (Å²) in [6.45, 7) is 0. The molecule has 1 heterocycles. The van der Waals surface area contributed by atoms with Gasteiger partial charge in [-0.1, -0.05) is 19.3 Å². The molecule has 1 aromatic rings. The molecule has 4 nitrogen and oxygen atoms in total. The maximum Gasteiger partial charge on any atom is 0.226 e. The van der Waals surface area contributed by atoms with E-state index in [-0.39, 0.29) is 11.4 Å². The van der Waals surface area contributed by atoms with Crippen LogP contribution in [0.25, 0.3) is 0 Å². The molecular formula is C13H19N3O. The van der Waals surface area contributed by atoms with Gasteiger partial charge in [0.05, 0.1) is 11.9 Å². The normalized spacial score (nSPS) is 18.6. The number of rotatable bonds is 3. The second-order valence-electron chi connectivity index (χ2n) is 4.89. The molecule has 1 aromatic heterocycles. The molecule has 2 rings (SSSR count). The first-order chi connectivity index (χ1) is 8.18. The highest BCUT2D eigenvalue weighted by Gasteiger charge is 2.29. The van der Waals surface area contributed by atoms with Crippen LogP contribution in [0.15, 0.2) is 24.5 Å². The summed E-state index contributed by atoms with van der Waals surface area (Å²) in [5.74, 6) is -0.0117. The lowest BCUT2D eigenvalue weighted by molar-refractivity contribution is -0.117. The number of hydrogen-bond acceptors (Lipinski definition) is 3. The van der Waals surface area contributed by atoms with Gasteiger partial charge in [0.15, 0.2) is 0 Å². The third kappa shape index (κ3) is 3.53. The highest BCUT2D eigenvalue weighted by atomic mass is 16.1. The lowest BCUT2D eigenvalue weighted by Crippen LogP contribution is -2.44. The van der Waals surface area contributed by atoms with Crippen molar-refractivity contribution in [2.24, 2.45) is 5.73 Å². The summed E-state index contributed by atoms with van der Waals surface area (Å²) < 4.78 is 0. The number of anilines is 1. The van der Waals surface area contributed by atoms with Crippen LogP contribution in [0.5, 0.6) is 0 Å². The molecule has 4 heteroatoms. The molecule has 1 aliphatic carbocycles. The topological polar surface area (TPSA) is 68.0 Å². The zero-order valence-corrected chi connectivity index (χ0v) is 9.98. The Morgan fingerprint density at radius 1 is 1.41 bits per heavy atom. The van der Waals surface area contributed by atoms with Crippen molar-refractivity contribution < 1.29 is 4.79 Å². The maximum atomic E-state index is 11.9. The van der Waals surface area contributed by atoms with Gasteiger partial charge in [-0.2, -0.15) is 0 Å². The minimum absolute atomic E-state index is 0.0117. The number of hydrogen-bond donors (Lipinski definition) is 2. The monoisotopic (exact) mass is 233 g/mol. The molecule has 0 spiro atoms. The van der Waals surface area contributed by atoms with Gasteiger partial charge in [-0.15, -0.1) is 0 Å². The predicted octanol–water partition coefficient (Wildman–Crippen LogP) is 2.07. The zero-order valence-electron chi connectivity index (χ0n) is 9.98. The summed E-state index contributed by atoms with van der Waals surface area (Å²) in [6, 6.07) is 3.63. The first-order valence-electron chi connectivity index (χ1n) is 6.17. The minimum atomic E-state index is -0.301. The summed E-state index contributed by atoms with van der Waals surface area (Å²) in [5, 5.41) is 2.83. The molecule has 0 bridgehead atoms. The van der Waals surface area contributed by atoms with Gasteiger partial charge in [-0.05, 0) is 25.0 Å². The van der Waals surface area contributed by atoms with E-state index < -0.39 is 0 Å². The summed E-state index contributed by atoms with van der Waals surface area (Å²) >= 11 is 0. The van der Waals surface area contributed by atoms with Crippen LogP contribution in [-0.2, 0) is 4.79 Å². The summed E-state index contributed by atoms with van der Waals surface area (Å²) in [6.07, 6.45) is 9.14. The number of nitrogens with one attached hydrogen (secondary N) is 1. The first-order valence-corrected chi connectivity index (χ1v) is 6.17. The summed E-state index contributed by atoms with van der Waals surface area (Å²) in [7, 11) is 0. The molecule has 0 atom stereocenters. The van der Waals surface area contributed by atoms with Gasteiger partial charge < -0.3 is 11.1 Å². The molecule has 0 radical (unpaired) electrons. The fourth-order valence-electron chi connectivity index (χ4n) is 2.39. The first kappa shape index (κ1) is 12.0. The lowest BCUT2D eigenvalue weighted by Gasteiger charge is -2.32. The molecule has 0 saturated heterocycles. The average Bonchev–Trinajstić information content (AvgIpc) is 2.30. The number of pyridine rings is 1.